The Balaban J connectivity index is 1.60. The number of allylic oxidation sites excluding steroid dienone is 6. The summed E-state index contributed by atoms with van der Waals surface area (Å²) in [5, 5.41) is 20.2. The third-order valence-electron chi connectivity index (χ3n) is 6.57. The molecule has 16 nitrogen and oxygen atoms in total. The van der Waals surface area contributed by atoms with Crippen LogP contribution in [0.25, 0.3) is 11.8 Å². The van der Waals surface area contributed by atoms with Crippen molar-refractivity contribution in [3.05, 3.63) is 96.8 Å². The molecule has 4 rings (SSSR count). The Bertz CT molecular complexity index is 2290. The van der Waals surface area contributed by atoms with Crippen LogP contribution in [0.15, 0.2) is 93.3 Å². The second kappa shape index (κ2) is 16.4. The maximum absolute atomic E-state index is 13.3. The van der Waals surface area contributed by atoms with Crippen LogP contribution in [0.1, 0.15) is 29.9 Å². The van der Waals surface area contributed by atoms with Crippen LogP contribution >= 0.6 is 45.2 Å². The molecule has 51 heavy (non-hydrogen) atoms. The zero-order chi connectivity index (χ0) is 37.7. The number of anilines is 1. The van der Waals surface area contributed by atoms with Crippen molar-refractivity contribution >= 4 is 101 Å². The van der Waals surface area contributed by atoms with Crippen molar-refractivity contribution in [2.24, 2.45) is 5.10 Å². The number of halogens is 2. The summed E-state index contributed by atoms with van der Waals surface area (Å²) in [6.07, 6.45) is 10.2. The van der Waals surface area contributed by atoms with Gasteiger partial charge in [0.25, 0.3) is 26.1 Å². The molecule has 3 N–H and O–H groups in total. The molecule has 1 aromatic heterocycles. The average molecular weight is 961 g/mol. The minimum atomic E-state index is -4.50. The number of hydrogen-bond donors (Lipinski definition) is 3. The van der Waals surface area contributed by atoms with Gasteiger partial charge in [-0.05, 0) is 108 Å². The smallest absolute Gasteiger partial charge is 0.359 e. The SMILES string of the molecule is CCOC(=O)C1=NN(c2ccc(S(=O)(=O)O)cc2[125I])C(=O)\C1=C/C=C/C=C/C=C/c1c(C(=O)OCC)nn(-c2ccc(S(=O)(=O)O)cc2[125I])c1O. The summed E-state index contributed by atoms with van der Waals surface area (Å²) < 4.78 is 76.4. The second-order valence-electron chi connectivity index (χ2n) is 9.89. The minimum absolute atomic E-state index is 0.00922. The van der Waals surface area contributed by atoms with Gasteiger partial charge in [0.15, 0.2) is 11.4 Å². The van der Waals surface area contributed by atoms with Crippen molar-refractivity contribution in [1.82, 2.24) is 9.78 Å². The molecular weight excluding hydrogens is 934 g/mol. The third-order valence-corrected chi connectivity index (χ3v) is 10.0. The van der Waals surface area contributed by atoms with Crippen molar-refractivity contribution < 1.29 is 54.9 Å². The molecule has 0 aliphatic carbocycles. The number of aromatic nitrogens is 2. The summed E-state index contributed by atoms with van der Waals surface area (Å²) in [6.45, 7) is 3.21. The van der Waals surface area contributed by atoms with Gasteiger partial charge in [0.05, 0.1) is 45.5 Å². The Morgan fingerprint density at radius 3 is 1.90 bits per heavy atom. The standard InChI is InChI=1S/C31H26I2N4O12S2/c1-3-48-30(40)26-20(28(38)36(34-26)24-14-12-18(16-22(24)32)50(42,43)44)10-8-6-5-7-9-11-21-27(31(41)49-4-2)35-37(29(21)39)25-15-13-19(17-23(25)33)51(45,46)47/h5-17,38H,3-4H2,1-2H3,(H,42,43,44)(H,45,46,47)/b6-5+,9-7+,10-8+,21-11-/i32-2,33-2. The molecule has 0 saturated heterocycles. The van der Waals surface area contributed by atoms with Gasteiger partial charge in [-0.15, -0.1) is 0 Å². The number of aromatic hydroxyl groups is 1. The number of benzene rings is 2. The molecule has 1 amide bonds. The Hall–Kier alpha value is -4.23. The molecule has 0 atom stereocenters. The van der Waals surface area contributed by atoms with E-state index in [4.69, 9.17) is 9.47 Å². The molecule has 1 aliphatic heterocycles. The molecule has 0 fully saturated rings. The number of ether oxygens (including phenoxy) is 2. The van der Waals surface area contributed by atoms with E-state index >= 15 is 0 Å². The maximum Gasteiger partial charge on any atom is 0.359 e. The molecule has 2 heterocycles. The lowest BCUT2D eigenvalue weighted by atomic mass is 10.1. The van der Waals surface area contributed by atoms with Crippen LogP contribution in [0.5, 0.6) is 5.88 Å². The van der Waals surface area contributed by atoms with E-state index in [1.807, 2.05) is 0 Å². The number of carbonyl (C=O) groups excluding carboxylic acids is 3. The summed E-state index contributed by atoms with van der Waals surface area (Å²) in [5.74, 6) is -2.86. The Morgan fingerprint density at radius 2 is 1.35 bits per heavy atom. The van der Waals surface area contributed by atoms with E-state index in [9.17, 15) is 45.4 Å². The molecule has 0 unspecified atom stereocenters. The lowest BCUT2D eigenvalue weighted by molar-refractivity contribution is -0.135. The summed E-state index contributed by atoms with van der Waals surface area (Å²) in [5.41, 5.74) is -0.264. The maximum atomic E-state index is 13.3. The number of hydrogen-bond acceptors (Lipinski definition) is 12. The quantitative estimate of drug-likeness (QED) is 0.0749. The summed E-state index contributed by atoms with van der Waals surface area (Å²) in [6, 6.07) is 7.07. The zero-order valence-corrected chi connectivity index (χ0v) is 32.2. The number of hydrazone groups is 1. The first-order chi connectivity index (χ1) is 24.0. The molecule has 0 spiro atoms. The number of amides is 1. The van der Waals surface area contributed by atoms with Crippen molar-refractivity contribution in [3.8, 4) is 11.6 Å². The van der Waals surface area contributed by atoms with E-state index < -0.39 is 44.0 Å². The fourth-order valence-electron chi connectivity index (χ4n) is 4.31. The van der Waals surface area contributed by atoms with Gasteiger partial charge >= 0.3 is 11.9 Å². The molecule has 0 saturated carbocycles. The number of rotatable bonds is 12. The second-order valence-corrected chi connectivity index (χ2v) is 15.1. The molecule has 268 valence electrons. The fourth-order valence-corrected chi connectivity index (χ4v) is 7.23. The molecule has 0 radical (unpaired) electrons. The predicted molar refractivity (Wildman–Crippen MR) is 200 cm³/mol. The summed E-state index contributed by atoms with van der Waals surface area (Å²) >= 11 is 3.56. The van der Waals surface area contributed by atoms with Gasteiger partial charge in [-0.25, -0.2) is 9.59 Å². The van der Waals surface area contributed by atoms with Gasteiger partial charge in [0.2, 0.25) is 5.88 Å². The van der Waals surface area contributed by atoms with Crippen LogP contribution < -0.4 is 5.01 Å². The lowest BCUT2D eigenvalue weighted by Crippen LogP contribution is -2.23. The number of nitrogens with zero attached hydrogens (tertiary/aromatic N) is 4. The van der Waals surface area contributed by atoms with Crippen molar-refractivity contribution in [2.45, 2.75) is 23.6 Å². The third kappa shape index (κ3) is 9.17. The van der Waals surface area contributed by atoms with Crippen molar-refractivity contribution in [3.63, 3.8) is 0 Å². The fraction of sp³-hybridized carbons (Fsp3) is 0.129. The van der Waals surface area contributed by atoms with Gasteiger partial charge in [0, 0.05) is 7.14 Å². The Kier molecular flexibility index (Phi) is 12.7. The number of carbonyl (C=O) groups is 3. The van der Waals surface area contributed by atoms with Gasteiger partial charge in [-0.1, -0.05) is 30.4 Å². The summed E-state index contributed by atoms with van der Waals surface area (Å²) in [7, 11) is -8.98. The van der Waals surface area contributed by atoms with Crippen LogP contribution in [0.3, 0.4) is 0 Å². The highest BCUT2D eigenvalue weighted by Crippen LogP contribution is 2.32. The Morgan fingerprint density at radius 1 is 0.824 bits per heavy atom. The monoisotopic (exact) mass is 960 g/mol. The van der Waals surface area contributed by atoms with Crippen molar-refractivity contribution in [1.29, 1.82) is 0 Å². The highest BCUT2D eigenvalue weighted by atomic mass is 125. The van der Waals surface area contributed by atoms with Gasteiger partial charge in [-0.3, -0.25) is 13.9 Å². The molecule has 3 aromatic rings. The predicted octanol–water partition coefficient (Wildman–Crippen LogP) is 4.48. The largest absolute Gasteiger partial charge is 0.493 e. The van der Waals surface area contributed by atoms with E-state index in [-0.39, 0.29) is 64.1 Å². The topological polar surface area (TPSA) is 232 Å². The van der Waals surface area contributed by atoms with Gasteiger partial charge in [0.1, 0.15) is 0 Å². The highest BCUT2D eigenvalue weighted by Gasteiger charge is 2.36. The summed E-state index contributed by atoms with van der Waals surface area (Å²) in [4.78, 5) is 37.9. The average Bonchev–Trinajstić information content (AvgIpc) is 3.55. The van der Waals surface area contributed by atoms with Crippen LogP contribution in [-0.4, -0.2) is 77.6 Å². The molecule has 1 aliphatic rings. The van der Waals surface area contributed by atoms with Crippen molar-refractivity contribution in [2.75, 3.05) is 18.2 Å². The van der Waals surface area contributed by atoms with E-state index in [1.54, 1.807) is 59.0 Å². The van der Waals surface area contributed by atoms with E-state index in [1.165, 1.54) is 60.7 Å². The van der Waals surface area contributed by atoms with Gasteiger partial charge < -0.3 is 14.6 Å². The first kappa shape index (κ1) is 39.6. The highest BCUT2D eigenvalue weighted by molar-refractivity contribution is 14.1. The lowest BCUT2D eigenvalue weighted by Gasteiger charge is -2.14. The van der Waals surface area contributed by atoms with E-state index in [2.05, 4.69) is 10.2 Å². The Labute approximate surface area is 318 Å². The molecule has 0 bridgehead atoms. The normalized spacial score (nSPS) is 14.7. The van der Waals surface area contributed by atoms with Crippen LogP contribution in [-0.2, 0) is 39.3 Å². The van der Waals surface area contributed by atoms with E-state index in [0.717, 1.165) is 27.9 Å². The minimum Gasteiger partial charge on any atom is -0.493 e. The first-order valence-electron chi connectivity index (χ1n) is 14.3. The van der Waals surface area contributed by atoms with Crippen LogP contribution in [0.4, 0.5) is 5.69 Å². The first-order valence-corrected chi connectivity index (χ1v) is 19.4. The zero-order valence-electron chi connectivity index (χ0n) is 26.3. The van der Waals surface area contributed by atoms with E-state index in [0.29, 0.717) is 0 Å². The molecule has 20 heteroatoms. The molecular formula is C31H26I2N4O12S2. The number of esters is 2. The van der Waals surface area contributed by atoms with Crippen LogP contribution in [0.2, 0.25) is 0 Å². The molecule has 2 aromatic carbocycles. The van der Waals surface area contributed by atoms with Crippen LogP contribution in [0, 0.1) is 7.14 Å². The van der Waals surface area contributed by atoms with Gasteiger partial charge in [-0.2, -0.15) is 36.7 Å².